The van der Waals surface area contributed by atoms with Crippen molar-refractivity contribution < 1.29 is 82.1 Å². The molecule has 0 aliphatic heterocycles. The maximum atomic E-state index is 8.86. The molecule has 0 fully saturated rings. The highest BCUT2D eigenvalue weighted by molar-refractivity contribution is 4.19. The van der Waals surface area contributed by atoms with E-state index in [1.807, 2.05) is 63.4 Å². The van der Waals surface area contributed by atoms with Crippen LogP contribution in [0.1, 0.15) is 20.8 Å². The Bertz CT molecular complexity index is 221. The van der Waals surface area contributed by atoms with E-state index in [0.717, 1.165) is 0 Å². The van der Waals surface area contributed by atoms with Gasteiger partial charge in [0.15, 0.2) is 18.7 Å². The Morgan fingerprint density at radius 2 is 0.542 bits per heavy atom. The van der Waals surface area contributed by atoms with Crippen molar-refractivity contribution in [1.29, 1.82) is 0 Å². The van der Waals surface area contributed by atoms with Gasteiger partial charge in [0.1, 0.15) is 0 Å². The van der Waals surface area contributed by atoms with E-state index in [9.17, 15) is 0 Å². The molecule has 0 aliphatic carbocycles. The summed E-state index contributed by atoms with van der Waals surface area (Å²) in [5, 5.41) is 26.6. The molecular formula is C15H42BrClIN3O3. The van der Waals surface area contributed by atoms with Crippen LogP contribution in [0, 0.1) is 0 Å². The Morgan fingerprint density at radius 3 is 0.542 bits per heavy atom. The molecule has 3 atom stereocenters. The number of hydrogen-bond acceptors (Lipinski definition) is 3. The molecule has 0 bridgehead atoms. The molecule has 0 saturated heterocycles. The molecule has 0 amide bonds. The lowest BCUT2D eigenvalue weighted by molar-refractivity contribution is -0.916. The maximum absolute atomic E-state index is 8.86. The minimum atomic E-state index is -0.264. The Labute approximate surface area is 184 Å². The lowest BCUT2D eigenvalue weighted by atomic mass is 10.5. The number of aliphatic hydroxyl groups excluding tert-OH is 3. The summed E-state index contributed by atoms with van der Waals surface area (Å²) in [5.74, 6) is 0. The molecule has 156 valence electrons. The van der Waals surface area contributed by atoms with Gasteiger partial charge < -0.3 is 82.1 Å². The van der Waals surface area contributed by atoms with Crippen LogP contribution in [0.15, 0.2) is 0 Å². The van der Waals surface area contributed by atoms with Crippen LogP contribution in [0.2, 0.25) is 0 Å². The molecule has 0 radical (unpaired) electrons. The van der Waals surface area contributed by atoms with Crippen LogP contribution in [0.25, 0.3) is 0 Å². The molecule has 0 heterocycles. The molecular weight excluding hydrogens is 512 g/mol. The molecule has 0 aromatic rings. The number of halogens is 3. The predicted octanol–water partition coefficient (Wildman–Crippen LogP) is -8.90. The van der Waals surface area contributed by atoms with Crippen molar-refractivity contribution in [2.24, 2.45) is 0 Å². The van der Waals surface area contributed by atoms with Gasteiger partial charge in [0.25, 0.3) is 0 Å². The predicted molar refractivity (Wildman–Crippen MR) is 89.1 cm³/mol. The molecule has 0 aromatic heterocycles. The van der Waals surface area contributed by atoms with Gasteiger partial charge in [-0.25, -0.2) is 0 Å². The van der Waals surface area contributed by atoms with Gasteiger partial charge in [0.2, 0.25) is 0 Å². The topological polar surface area (TPSA) is 60.7 Å². The number of quaternary nitrogens is 3. The van der Waals surface area contributed by atoms with Crippen molar-refractivity contribution in [3.8, 4) is 0 Å². The van der Waals surface area contributed by atoms with Crippen LogP contribution in [-0.2, 0) is 0 Å². The summed E-state index contributed by atoms with van der Waals surface area (Å²) in [6, 6.07) is 0. The summed E-state index contributed by atoms with van der Waals surface area (Å²) in [5.41, 5.74) is 0. The molecule has 24 heavy (non-hydrogen) atoms. The van der Waals surface area contributed by atoms with E-state index in [1.54, 1.807) is 20.8 Å². The van der Waals surface area contributed by atoms with E-state index in [1.165, 1.54) is 0 Å². The van der Waals surface area contributed by atoms with E-state index in [2.05, 4.69) is 0 Å². The van der Waals surface area contributed by atoms with Crippen molar-refractivity contribution >= 4 is 0 Å². The highest BCUT2D eigenvalue weighted by Crippen LogP contribution is 1.95. The summed E-state index contributed by atoms with van der Waals surface area (Å²) in [4.78, 5) is 0. The van der Waals surface area contributed by atoms with Gasteiger partial charge in [-0.05, 0) is 0 Å². The average Bonchev–Trinajstić information content (AvgIpc) is 2.14. The first-order valence-electron chi connectivity index (χ1n) is 7.31. The zero-order chi connectivity index (χ0) is 18.2. The number of nitrogens with zero attached hydrogens (tertiary/aromatic N) is 3. The smallest absolute Gasteiger partial charge is 0.187 e. The third-order valence-electron chi connectivity index (χ3n) is 3.36. The van der Waals surface area contributed by atoms with Gasteiger partial charge in [-0.15, -0.1) is 0 Å². The third kappa shape index (κ3) is 31.1. The largest absolute Gasteiger partial charge is 1.00 e. The Balaban J connectivity index is -0.0000000476. The van der Waals surface area contributed by atoms with Gasteiger partial charge >= 0.3 is 0 Å². The number of rotatable bonds is 3. The first-order valence-corrected chi connectivity index (χ1v) is 7.31. The van der Waals surface area contributed by atoms with Crippen LogP contribution in [0.3, 0.4) is 0 Å². The minimum Gasteiger partial charge on any atom is -1.00 e. The second-order valence-corrected chi connectivity index (χ2v) is 8.24. The normalized spacial score (nSPS) is 14.6. The van der Waals surface area contributed by atoms with Crippen LogP contribution >= 0.6 is 0 Å². The van der Waals surface area contributed by atoms with Crippen molar-refractivity contribution in [2.45, 2.75) is 39.5 Å². The monoisotopic (exact) mass is 553 g/mol. The highest BCUT2D eigenvalue weighted by atomic mass is 127. The molecule has 3 unspecified atom stereocenters. The first kappa shape index (κ1) is 40.1. The Morgan fingerprint density at radius 1 is 0.500 bits per heavy atom. The summed E-state index contributed by atoms with van der Waals surface area (Å²) >= 11 is 0. The zero-order valence-electron chi connectivity index (χ0n) is 17.5. The molecule has 9 heteroatoms. The minimum absolute atomic E-state index is 0. The first-order chi connectivity index (χ1) is 8.83. The van der Waals surface area contributed by atoms with Crippen molar-refractivity contribution in [3.05, 3.63) is 0 Å². The second-order valence-electron chi connectivity index (χ2n) is 8.24. The Kier molecular flexibility index (Phi) is 27.4. The fourth-order valence-corrected chi connectivity index (χ4v) is 0. The van der Waals surface area contributed by atoms with Crippen molar-refractivity contribution in [1.82, 2.24) is 0 Å². The fraction of sp³-hybridized carbons (Fsp3) is 1.00. The van der Waals surface area contributed by atoms with Gasteiger partial charge in [-0.3, -0.25) is 0 Å². The van der Waals surface area contributed by atoms with E-state index < -0.39 is 0 Å². The van der Waals surface area contributed by atoms with E-state index in [4.69, 9.17) is 15.3 Å². The lowest BCUT2D eigenvalue weighted by Gasteiger charge is -2.26. The highest BCUT2D eigenvalue weighted by Gasteiger charge is 2.13. The number of hydrogen-bond donors (Lipinski definition) is 3. The summed E-state index contributed by atoms with van der Waals surface area (Å²) in [7, 11) is 17.5. The van der Waals surface area contributed by atoms with E-state index in [-0.39, 0.29) is 72.0 Å². The molecule has 0 aliphatic rings. The van der Waals surface area contributed by atoms with Crippen molar-refractivity contribution in [2.75, 3.05) is 63.4 Å². The van der Waals surface area contributed by atoms with E-state index in [0.29, 0.717) is 13.4 Å². The van der Waals surface area contributed by atoms with Crippen molar-refractivity contribution in [3.63, 3.8) is 0 Å². The molecule has 0 aromatic carbocycles. The summed E-state index contributed by atoms with van der Waals surface area (Å²) < 4.78 is 1.83. The molecule has 6 nitrogen and oxygen atoms in total. The second kappa shape index (κ2) is 16.4. The number of aliphatic hydroxyl groups is 3. The zero-order valence-corrected chi connectivity index (χ0v) is 22.0. The van der Waals surface area contributed by atoms with Crippen LogP contribution in [0.4, 0.5) is 0 Å². The van der Waals surface area contributed by atoms with Gasteiger partial charge in [0, 0.05) is 20.8 Å². The quantitative estimate of drug-likeness (QED) is 0.185. The third-order valence-corrected chi connectivity index (χ3v) is 3.36. The van der Waals surface area contributed by atoms with E-state index >= 15 is 0 Å². The SMILES string of the molecule is CC(O)[N+](C)(C)C.CC(O)[N+](C)(C)C.CC(O)[N+](C)(C)C.[Br-].[Cl-].[I-]. The summed E-state index contributed by atoms with van der Waals surface area (Å²) in [6.45, 7) is 5.33. The average molecular weight is 555 g/mol. The molecule has 0 saturated carbocycles. The van der Waals surface area contributed by atoms with Gasteiger partial charge in [-0.1, -0.05) is 0 Å². The van der Waals surface area contributed by atoms with Gasteiger partial charge in [0.05, 0.1) is 63.4 Å². The lowest BCUT2D eigenvalue weighted by Crippen LogP contribution is -3.00. The van der Waals surface area contributed by atoms with Crippen LogP contribution in [0.5, 0.6) is 0 Å². The maximum Gasteiger partial charge on any atom is 0.187 e. The summed E-state index contributed by atoms with van der Waals surface area (Å²) in [6.07, 6.45) is -0.792. The van der Waals surface area contributed by atoms with Crippen LogP contribution in [-0.4, -0.2) is 111 Å². The van der Waals surface area contributed by atoms with Crippen LogP contribution < -0.4 is 53.4 Å². The molecule has 3 N–H and O–H groups in total. The molecule has 0 spiro atoms. The Hall–Kier alpha value is 1.26. The fourth-order valence-electron chi connectivity index (χ4n) is 0. The van der Waals surface area contributed by atoms with Gasteiger partial charge in [-0.2, -0.15) is 0 Å². The standard InChI is InChI=1S/3C5H14NO.BrH.ClH.HI/c3*1-5(7)6(2,3)4;;;/h3*5,7H,1-4H3;3*1H/q3*+1;;;/p-3. The molecule has 0 rings (SSSR count).